The van der Waals surface area contributed by atoms with Gasteiger partial charge in [0.25, 0.3) is 5.92 Å². The van der Waals surface area contributed by atoms with Crippen molar-refractivity contribution < 1.29 is 18.3 Å². The molecule has 3 rings (SSSR count). The zero-order chi connectivity index (χ0) is 13.8. The number of ether oxygens (including phenoxy) is 2. The van der Waals surface area contributed by atoms with E-state index in [1.54, 1.807) is 0 Å². The van der Waals surface area contributed by atoms with Gasteiger partial charge in [-0.05, 0) is 31.9 Å². The van der Waals surface area contributed by atoms with Gasteiger partial charge in [0, 0.05) is 29.5 Å². The molecule has 3 nitrogen and oxygen atoms in total. The lowest BCUT2D eigenvalue weighted by molar-refractivity contribution is 0.0171. The van der Waals surface area contributed by atoms with Gasteiger partial charge in [-0.1, -0.05) is 0 Å². The molecule has 104 valence electrons. The van der Waals surface area contributed by atoms with Gasteiger partial charge in [-0.3, -0.25) is 0 Å². The Bertz CT molecular complexity index is 519. The van der Waals surface area contributed by atoms with E-state index in [1.807, 2.05) is 6.92 Å². The first-order chi connectivity index (χ1) is 8.84. The molecule has 1 unspecified atom stereocenters. The molecular formula is C14H17F2NO2. The van der Waals surface area contributed by atoms with E-state index >= 15 is 0 Å². The van der Waals surface area contributed by atoms with Crippen LogP contribution in [0.2, 0.25) is 0 Å². The van der Waals surface area contributed by atoms with Crippen LogP contribution in [0.15, 0.2) is 12.1 Å². The van der Waals surface area contributed by atoms with Crippen LogP contribution in [0, 0.1) is 0 Å². The SMILES string of the molecule is CC(N)C1(c2cc(C(C)(F)F)cc3c2OCO3)CC1. The van der Waals surface area contributed by atoms with Crippen LogP contribution in [-0.4, -0.2) is 12.8 Å². The fourth-order valence-corrected chi connectivity index (χ4v) is 2.74. The van der Waals surface area contributed by atoms with Gasteiger partial charge in [0.1, 0.15) is 0 Å². The highest BCUT2D eigenvalue weighted by Gasteiger charge is 2.51. The third-order valence-corrected chi connectivity index (χ3v) is 4.18. The van der Waals surface area contributed by atoms with Gasteiger partial charge in [-0.2, -0.15) is 0 Å². The number of alkyl halides is 2. The van der Waals surface area contributed by atoms with E-state index in [0.29, 0.717) is 11.5 Å². The van der Waals surface area contributed by atoms with Crippen molar-refractivity contribution in [1.82, 2.24) is 0 Å². The maximum absolute atomic E-state index is 13.6. The normalized spacial score (nSPS) is 21.3. The molecule has 1 aliphatic carbocycles. The first-order valence-corrected chi connectivity index (χ1v) is 6.42. The summed E-state index contributed by atoms with van der Waals surface area (Å²) >= 11 is 0. The molecule has 1 aromatic carbocycles. The topological polar surface area (TPSA) is 44.5 Å². The summed E-state index contributed by atoms with van der Waals surface area (Å²) in [6, 6.07) is 2.80. The summed E-state index contributed by atoms with van der Waals surface area (Å²) < 4.78 is 37.9. The average molecular weight is 269 g/mol. The fourth-order valence-electron chi connectivity index (χ4n) is 2.74. The minimum absolute atomic E-state index is 0.0429. The smallest absolute Gasteiger partial charge is 0.270 e. The summed E-state index contributed by atoms with van der Waals surface area (Å²) in [5, 5.41) is 0. The summed E-state index contributed by atoms with van der Waals surface area (Å²) in [6.45, 7) is 2.88. The monoisotopic (exact) mass is 269 g/mol. The second-order valence-corrected chi connectivity index (χ2v) is 5.59. The largest absolute Gasteiger partial charge is 0.454 e. The van der Waals surface area contributed by atoms with Crippen LogP contribution in [-0.2, 0) is 11.3 Å². The van der Waals surface area contributed by atoms with Crippen LogP contribution in [0.25, 0.3) is 0 Å². The molecule has 0 aromatic heterocycles. The maximum Gasteiger partial charge on any atom is 0.270 e. The lowest BCUT2D eigenvalue weighted by Gasteiger charge is -2.23. The molecule has 0 saturated heterocycles. The highest BCUT2D eigenvalue weighted by atomic mass is 19.3. The lowest BCUT2D eigenvalue weighted by Crippen LogP contribution is -2.32. The van der Waals surface area contributed by atoms with E-state index in [0.717, 1.165) is 25.3 Å². The predicted molar refractivity (Wildman–Crippen MR) is 66.7 cm³/mol. The second-order valence-electron chi connectivity index (χ2n) is 5.59. The van der Waals surface area contributed by atoms with Gasteiger partial charge in [0.15, 0.2) is 11.5 Å². The zero-order valence-corrected chi connectivity index (χ0v) is 11.0. The van der Waals surface area contributed by atoms with Crippen LogP contribution in [0.5, 0.6) is 11.5 Å². The molecule has 1 aliphatic heterocycles. The number of hydrogen-bond acceptors (Lipinski definition) is 3. The van der Waals surface area contributed by atoms with Crippen molar-refractivity contribution >= 4 is 0 Å². The summed E-state index contributed by atoms with van der Waals surface area (Å²) in [6.07, 6.45) is 1.80. The Balaban J connectivity index is 2.16. The number of benzene rings is 1. The van der Waals surface area contributed by atoms with Crippen molar-refractivity contribution in [3.05, 3.63) is 23.3 Å². The predicted octanol–water partition coefficient (Wildman–Crippen LogP) is 2.91. The Hall–Kier alpha value is -1.36. The zero-order valence-electron chi connectivity index (χ0n) is 11.0. The van der Waals surface area contributed by atoms with Gasteiger partial charge < -0.3 is 15.2 Å². The fraction of sp³-hybridized carbons (Fsp3) is 0.571. The Morgan fingerprint density at radius 3 is 2.53 bits per heavy atom. The van der Waals surface area contributed by atoms with Gasteiger partial charge in [0.2, 0.25) is 6.79 Å². The van der Waals surface area contributed by atoms with Crippen molar-refractivity contribution in [2.75, 3.05) is 6.79 Å². The van der Waals surface area contributed by atoms with Gasteiger partial charge in [-0.15, -0.1) is 0 Å². The molecular weight excluding hydrogens is 252 g/mol. The van der Waals surface area contributed by atoms with Crippen molar-refractivity contribution in [2.45, 2.75) is 44.1 Å². The molecule has 0 amide bonds. The number of nitrogens with two attached hydrogens (primary N) is 1. The Labute approximate surface area is 110 Å². The molecule has 2 N–H and O–H groups in total. The Kier molecular flexibility index (Phi) is 2.55. The first-order valence-electron chi connectivity index (χ1n) is 6.42. The lowest BCUT2D eigenvalue weighted by atomic mass is 9.86. The van der Waals surface area contributed by atoms with E-state index < -0.39 is 5.92 Å². The highest BCUT2D eigenvalue weighted by Crippen LogP contribution is 2.56. The third-order valence-electron chi connectivity index (χ3n) is 4.18. The van der Waals surface area contributed by atoms with E-state index in [-0.39, 0.29) is 23.8 Å². The van der Waals surface area contributed by atoms with E-state index in [9.17, 15) is 8.78 Å². The number of halogens is 2. The minimum Gasteiger partial charge on any atom is -0.454 e. The van der Waals surface area contributed by atoms with Crippen LogP contribution >= 0.6 is 0 Å². The molecule has 1 heterocycles. The average Bonchev–Trinajstić information content (AvgIpc) is 2.98. The Morgan fingerprint density at radius 1 is 1.32 bits per heavy atom. The highest BCUT2D eigenvalue weighted by molar-refractivity contribution is 5.57. The van der Waals surface area contributed by atoms with Crippen molar-refractivity contribution in [3.63, 3.8) is 0 Å². The quantitative estimate of drug-likeness (QED) is 0.917. The second kappa shape index (κ2) is 3.82. The van der Waals surface area contributed by atoms with Crippen LogP contribution in [0.1, 0.15) is 37.8 Å². The van der Waals surface area contributed by atoms with E-state index in [2.05, 4.69) is 0 Å². The van der Waals surface area contributed by atoms with Crippen LogP contribution in [0.3, 0.4) is 0 Å². The van der Waals surface area contributed by atoms with E-state index in [4.69, 9.17) is 15.2 Å². The molecule has 0 radical (unpaired) electrons. The first kappa shape index (κ1) is 12.7. The molecule has 1 saturated carbocycles. The van der Waals surface area contributed by atoms with Crippen molar-refractivity contribution in [3.8, 4) is 11.5 Å². The molecule has 1 fully saturated rings. The summed E-state index contributed by atoms with van der Waals surface area (Å²) in [5.74, 6) is -1.91. The van der Waals surface area contributed by atoms with Crippen molar-refractivity contribution in [1.29, 1.82) is 0 Å². The number of fused-ring (bicyclic) bond motifs is 1. The van der Waals surface area contributed by atoms with Gasteiger partial charge in [0.05, 0.1) is 0 Å². The number of hydrogen-bond donors (Lipinski definition) is 1. The summed E-state index contributed by atoms with van der Waals surface area (Å²) in [4.78, 5) is 0. The summed E-state index contributed by atoms with van der Waals surface area (Å²) in [7, 11) is 0. The van der Waals surface area contributed by atoms with Crippen LogP contribution in [0.4, 0.5) is 8.78 Å². The van der Waals surface area contributed by atoms with Crippen LogP contribution < -0.4 is 15.2 Å². The molecule has 2 aliphatic rings. The summed E-state index contributed by atoms with van der Waals surface area (Å²) in [5.41, 5.74) is 6.53. The molecule has 0 spiro atoms. The maximum atomic E-state index is 13.6. The van der Waals surface area contributed by atoms with E-state index in [1.165, 1.54) is 12.1 Å². The molecule has 0 bridgehead atoms. The standard InChI is InChI=1S/C14H17F2NO2/c1-8(17)14(3-4-14)10-5-9(13(2,15)16)6-11-12(10)19-7-18-11/h5-6,8H,3-4,7,17H2,1-2H3. The molecule has 19 heavy (non-hydrogen) atoms. The third kappa shape index (κ3) is 1.87. The van der Waals surface area contributed by atoms with Gasteiger partial charge >= 0.3 is 0 Å². The molecule has 1 aromatic rings. The number of rotatable bonds is 3. The molecule has 1 atom stereocenters. The Morgan fingerprint density at radius 2 is 2.00 bits per heavy atom. The minimum atomic E-state index is -2.90. The van der Waals surface area contributed by atoms with Gasteiger partial charge in [-0.25, -0.2) is 8.78 Å². The molecule has 5 heteroatoms. The van der Waals surface area contributed by atoms with Crippen molar-refractivity contribution in [2.24, 2.45) is 5.73 Å².